The fourth-order valence-corrected chi connectivity index (χ4v) is 3.72. The zero-order valence-corrected chi connectivity index (χ0v) is 16.6. The maximum Gasteiger partial charge on any atom is 0.416 e. The molecule has 1 aliphatic rings. The van der Waals surface area contributed by atoms with Crippen LogP contribution in [-0.4, -0.2) is 36.0 Å². The van der Waals surface area contributed by atoms with Crippen molar-refractivity contribution in [2.75, 3.05) is 18.0 Å². The third kappa shape index (κ3) is 4.33. The average Bonchev–Trinajstić information content (AvgIpc) is 2.68. The van der Waals surface area contributed by atoms with E-state index in [4.69, 9.17) is 18.2 Å². The third-order valence-electron chi connectivity index (χ3n) is 5.09. The Morgan fingerprint density at radius 2 is 1.76 bits per heavy atom. The number of hydrogen-bond donors (Lipinski definition) is 0. The van der Waals surface area contributed by atoms with Crippen LogP contribution in [0.1, 0.15) is 29.8 Å². The second-order valence-corrected chi connectivity index (χ2v) is 7.54. The maximum absolute atomic E-state index is 12.9. The molecule has 0 spiro atoms. The van der Waals surface area contributed by atoms with Crippen molar-refractivity contribution in [3.8, 4) is 0 Å². The van der Waals surface area contributed by atoms with E-state index in [1.54, 1.807) is 17.0 Å². The highest BCUT2D eigenvalue weighted by Crippen LogP contribution is 2.33. The highest BCUT2D eigenvalue weighted by molar-refractivity contribution is 6.33. The fourth-order valence-electron chi connectivity index (χ4n) is 3.50. The minimum Gasteiger partial charge on any atom is -0.365 e. The van der Waals surface area contributed by atoms with Crippen LogP contribution >= 0.6 is 11.6 Å². The highest BCUT2D eigenvalue weighted by atomic mass is 35.5. The van der Waals surface area contributed by atoms with Crippen LogP contribution in [0, 0.1) is 6.57 Å². The molecule has 0 bridgehead atoms. The Kier molecular flexibility index (Phi) is 5.76. The van der Waals surface area contributed by atoms with Crippen LogP contribution in [0.2, 0.25) is 5.02 Å². The Labute approximate surface area is 172 Å². The summed E-state index contributed by atoms with van der Waals surface area (Å²) in [5, 5.41) is 0.376. The monoisotopic (exact) mass is 421 g/mol. The SMILES string of the molecule is [C-]#[N+]c1ccc(N2C[C@@H](C)N(C(=O)c3ccc(C(F)(F)F)cc3)C[C@@H]2C)cc1Cl. The minimum atomic E-state index is -4.43. The molecule has 0 aliphatic carbocycles. The maximum atomic E-state index is 12.9. The van der Waals surface area contributed by atoms with E-state index in [1.807, 2.05) is 19.9 Å². The second kappa shape index (κ2) is 7.96. The summed E-state index contributed by atoms with van der Waals surface area (Å²) >= 11 is 6.15. The van der Waals surface area contributed by atoms with Gasteiger partial charge in [-0.25, -0.2) is 4.85 Å². The van der Waals surface area contributed by atoms with Crippen molar-refractivity contribution >= 4 is 28.9 Å². The number of carbonyl (C=O) groups excluding carboxylic acids is 1. The fraction of sp³-hybridized carbons (Fsp3) is 0.333. The van der Waals surface area contributed by atoms with Gasteiger partial charge in [-0.15, -0.1) is 0 Å². The molecule has 1 amide bonds. The van der Waals surface area contributed by atoms with E-state index in [9.17, 15) is 18.0 Å². The first-order chi connectivity index (χ1) is 13.6. The van der Waals surface area contributed by atoms with Crippen molar-refractivity contribution in [2.24, 2.45) is 0 Å². The Morgan fingerprint density at radius 3 is 2.31 bits per heavy atom. The summed E-state index contributed by atoms with van der Waals surface area (Å²) in [6.07, 6.45) is -4.43. The van der Waals surface area contributed by atoms with Crippen LogP contribution in [0.5, 0.6) is 0 Å². The number of alkyl halides is 3. The van der Waals surface area contributed by atoms with Gasteiger partial charge in [0.1, 0.15) is 0 Å². The van der Waals surface area contributed by atoms with Crippen molar-refractivity contribution in [1.29, 1.82) is 0 Å². The number of rotatable bonds is 2. The number of nitrogens with zero attached hydrogens (tertiary/aromatic N) is 3. The first kappa shape index (κ1) is 21.0. The van der Waals surface area contributed by atoms with E-state index in [-0.39, 0.29) is 23.6 Å². The van der Waals surface area contributed by atoms with Crippen LogP contribution < -0.4 is 4.90 Å². The van der Waals surface area contributed by atoms with Crippen LogP contribution in [0.25, 0.3) is 4.85 Å². The number of piperazine rings is 1. The van der Waals surface area contributed by atoms with E-state index < -0.39 is 11.7 Å². The van der Waals surface area contributed by atoms with Crippen LogP contribution in [0.15, 0.2) is 42.5 Å². The van der Waals surface area contributed by atoms with Crippen molar-refractivity contribution in [3.63, 3.8) is 0 Å². The molecule has 29 heavy (non-hydrogen) atoms. The summed E-state index contributed by atoms with van der Waals surface area (Å²) in [7, 11) is 0. The summed E-state index contributed by atoms with van der Waals surface area (Å²) in [4.78, 5) is 20.0. The standard InChI is InChI=1S/C21H19ClF3N3O/c1-13-12-28(20(29)15-4-6-16(7-5-15)21(23,24)25)14(2)11-27(13)17-8-9-19(26-3)18(22)10-17/h4-10,13-14H,11-12H2,1-2H3/t13-,14+/m0/s1. The van der Waals surface area contributed by atoms with Crippen molar-refractivity contribution in [1.82, 2.24) is 4.90 Å². The molecule has 1 saturated heterocycles. The minimum absolute atomic E-state index is 0.0283. The molecule has 1 fully saturated rings. The topological polar surface area (TPSA) is 27.9 Å². The molecule has 4 nitrogen and oxygen atoms in total. The molecule has 0 saturated carbocycles. The molecule has 2 atom stereocenters. The summed E-state index contributed by atoms with van der Waals surface area (Å²) in [6.45, 7) is 11.9. The molecule has 0 unspecified atom stereocenters. The molecule has 8 heteroatoms. The van der Waals surface area contributed by atoms with E-state index in [0.29, 0.717) is 23.8 Å². The Balaban J connectivity index is 1.77. The summed E-state index contributed by atoms with van der Waals surface area (Å²) in [5.41, 5.74) is 0.700. The highest BCUT2D eigenvalue weighted by Gasteiger charge is 2.34. The van der Waals surface area contributed by atoms with Crippen molar-refractivity contribution < 1.29 is 18.0 Å². The van der Waals surface area contributed by atoms with Gasteiger partial charge < -0.3 is 9.80 Å². The van der Waals surface area contributed by atoms with Gasteiger partial charge in [-0.05, 0) is 50.2 Å². The quantitative estimate of drug-likeness (QED) is 0.586. The molecule has 0 aromatic heterocycles. The van der Waals surface area contributed by atoms with Gasteiger partial charge in [0.2, 0.25) is 5.69 Å². The van der Waals surface area contributed by atoms with Gasteiger partial charge in [0, 0.05) is 41.4 Å². The average molecular weight is 422 g/mol. The van der Waals surface area contributed by atoms with Crippen molar-refractivity contribution in [3.05, 3.63) is 70.0 Å². The Bertz CT molecular complexity index is 953. The van der Waals surface area contributed by atoms with Crippen LogP contribution in [0.4, 0.5) is 24.5 Å². The number of amides is 1. The lowest BCUT2D eigenvalue weighted by molar-refractivity contribution is -0.137. The molecule has 152 valence electrons. The van der Waals surface area contributed by atoms with Crippen LogP contribution in [-0.2, 0) is 6.18 Å². The predicted octanol–water partition coefficient (Wildman–Crippen LogP) is 5.65. The third-order valence-corrected chi connectivity index (χ3v) is 5.39. The molecular weight excluding hydrogens is 403 g/mol. The summed E-state index contributed by atoms with van der Waals surface area (Å²) in [6, 6.07) is 9.36. The Hall–Kier alpha value is -2.72. The molecule has 2 aromatic carbocycles. The summed E-state index contributed by atoms with van der Waals surface area (Å²) < 4.78 is 38.2. The zero-order chi connectivity index (χ0) is 21.3. The van der Waals surface area contributed by atoms with E-state index in [1.165, 1.54) is 12.1 Å². The van der Waals surface area contributed by atoms with Gasteiger partial charge in [-0.1, -0.05) is 17.7 Å². The summed E-state index contributed by atoms with van der Waals surface area (Å²) in [5.74, 6) is -0.292. The lowest BCUT2D eigenvalue weighted by Crippen LogP contribution is -2.58. The molecular formula is C21H19ClF3N3O. The lowest BCUT2D eigenvalue weighted by Gasteiger charge is -2.45. The van der Waals surface area contributed by atoms with Crippen LogP contribution in [0.3, 0.4) is 0 Å². The van der Waals surface area contributed by atoms with Gasteiger partial charge in [0.15, 0.2) is 0 Å². The van der Waals surface area contributed by atoms with Gasteiger partial charge in [0.25, 0.3) is 5.91 Å². The van der Waals surface area contributed by atoms with Gasteiger partial charge in [0.05, 0.1) is 12.1 Å². The molecule has 0 N–H and O–H groups in total. The molecule has 0 radical (unpaired) electrons. The number of benzene rings is 2. The Morgan fingerprint density at radius 1 is 1.10 bits per heavy atom. The second-order valence-electron chi connectivity index (χ2n) is 7.13. The predicted molar refractivity (Wildman–Crippen MR) is 106 cm³/mol. The number of carbonyl (C=O) groups is 1. The van der Waals surface area contributed by atoms with Gasteiger partial charge in [-0.3, -0.25) is 4.79 Å². The zero-order valence-electron chi connectivity index (χ0n) is 15.9. The van der Waals surface area contributed by atoms with E-state index in [0.717, 1.165) is 17.8 Å². The van der Waals surface area contributed by atoms with E-state index >= 15 is 0 Å². The van der Waals surface area contributed by atoms with E-state index in [2.05, 4.69) is 9.74 Å². The van der Waals surface area contributed by atoms with Crippen molar-refractivity contribution in [2.45, 2.75) is 32.1 Å². The van der Waals surface area contributed by atoms with Gasteiger partial charge in [-0.2, -0.15) is 13.2 Å². The molecule has 3 rings (SSSR count). The number of anilines is 1. The largest absolute Gasteiger partial charge is 0.416 e. The molecule has 2 aromatic rings. The molecule has 1 aliphatic heterocycles. The number of halogens is 4. The normalized spacial score (nSPS) is 19.8. The lowest BCUT2D eigenvalue weighted by atomic mass is 10.0. The smallest absolute Gasteiger partial charge is 0.365 e. The number of hydrogen-bond acceptors (Lipinski definition) is 2. The van der Waals surface area contributed by atoms with Gasteiger partial charge >= 0.3 is 6.18 Å². The molecule has 1 heterocycles. The first-order valence-corrected chi connectivity index (χ1v) is 9.41. The first-order valence-electron chi connectivity index (χ1n) is 9.03.